The third-order valence-electron chi connectivity index (χ3n) is 6.12. The second-order valence-corrected chi connectivity index (χ2v) is 8.71. The van der Waals surface area contributed by atoms with E-state index in [1.807, 2.05) is 6.20 Å². The van der Waals surface area contributed by atoms with E-state index in [1.165, 1.54) is 11.1 Å². The maximum absolute atomic E-state index is 12.7. The zero-order chi connectivity index (χ0) is 23.1. The van der Waals surface area contributed by atoms with Crippen molar-refractivity contribution in [3.05, 3.63) is 64.6 Å². The summed E-state index contributed by atoms with van der Waals surface area (Å²) in [6.07, 6.45) is 1.90. The molecule has 2 aromatic heterocycles. The van der Waals surface area contributed by atoms with Crippen LogP contribution in [0.1, 0.15) is 32.9 Å². The first-order valence-corrected chi connectivity index (χ1v) is 10.9. The average molecular weight is 446 g/mol. The molecule has 0 bridgehead atoms. The van der Waals surface area contributed by atoms with Crippen LogP contribution < -0.4 is 22.3 Å². The fraction of sp³-hybridized carbons (Fsp3) is 0.304. The molecule has 1 fully saturated rings. The van der Waals surface area contributed by atoms with Gasteiger partial charge in [-0.15, -0.1) is 0 Å². The number of pyridine rings is 1. The predicted molar refractivity (Wildman–Crippen MR) is 127 cm³/mol. The van der Waals surface area contributed by atoms with Crippen molar-refractivity contribution in [2.45, 2.75) is 33.0 Å². The van der Waals surface area contributed by atoms with Gasteiger partial charge in [0.05, 0.1) is 11.4 Å². The SMILES string of the molecule is Cc1cc(C)cc(Nc2ncc3c(n2)CN(C2CN(C(=O)c4ccc(NN)c(N)n4)C2)C3)c1. The summed E-state index contributed by atoms with van der Waals surface area (Å²) in [4.78, 5) is 30.3. The molecule has 6 N–H and O–H groups in total. The van der Waals surface area contributed by atoms with Gasteiger partial charge >= 0.3 is 0 Å². The molecule has 0 radical (unpaired) electrons. The number of rotatable bonds is 5. The van der Waals surface area contributed by atoms with Crippen LogP contribution in [0.3, 0.4) is 0 Å². The van der Waals surface area contributed by atoms with Crippen LogP contribution in [0.2, 0.25) is 0 Å². The Balaban J connectivity index is 1.20. The monoisotopic (exact) mass is 445 g/mol. The quantitative estimate of drug-likeness (QED) is 0.343. The molecule has 0 spiro atoms. The molecule has 0 aliphatic carbocycles. The summed E-state index contributed by atoms with van der Waals surface area (Å²) in [6, 6.07) is 9.87. The Morgan fingerprint density at radius 2 is 1.85 bits per heavy atom. The van der Waals surface area contributed by atoms with E-state index >= 15 is 0 Å². The zero-order valence-electron chi connectivity index (χ0n) is 18.7. The highest BCUT2D eigenvalue weighted by Gasteiger charge is 2.38. The van der Waals surface area contributed by atoms with E-state index in [9.17, 15) is 4.79 Å². The number of benzene rings is 1. The van der Waals surface area contributed by atoms with Crippen molar-refractivity contribution in [1.82, 2.24) is 24.8 Å². The molecule has 2 aliphatic heterocycles. The maximum atomic E-state index is 12.7. The average Bonchev–Trinajstić information content (AvgIpc) is 3.14. The van der Waals surface area contributed by atoms with E-state index in [1.54, 1.807) is 17.0 Å². The molecular formula is C23H27N9O. The number of carbonyl (C=O) groups is 1. The molecule has 5 rings (SSSR count). The van der Waals surface area contributed by atoms with Gasteiger partial charge in [-0.3, -0.25) is 15.5 Å². The molecular weight excluding hydrogens is 418 g/mol. The number of nitrogens with zero attached hydrogens (tertiary/aromatic N) is 5. The summed E-state index contributed by atoms with van der Waals surface area (Å²) in [5.74, 6) is 6.06. The summed E-state index contributed by atoms with van der Waals surface area (Å²) in [7, 11) is 0. The highest BCUT2D eigenvalue weighted by Crippen LogP contribution is 2.29. The first-order valence-electron chi connectivity index (χ1n) is 10.9. The van der Waals surface area contributed by atoms with E-state index in [0.717, 1.165) is 30.0 Å². The largest absolute Gasteiger partial charge is 0.382 e. The fourth-order valence-corrected chi connectivity index (χ4v) is 4.40. The van der Waals surface area contributed by atoms with Crippen LogP contribution in [-0.4, -0.2) is 49.8 Å². The number of likely N-dealkylation sites (tertiary alicyclic amines) is 1. The summed E-state index contributed by atoms with van der Waals surface area (Å²) in [5, 5.41) is 3.32. The highest BCUT2D eigenvalue weighted by atomic mass is 16.2. The van der Waals surface area contributed by atoms with Crippen molar-refractivity contribution < 1.29 is 4.79 Å². The van der Waals surface area contributed by atoms with Crippen molar-refractivity contribution >= 4 is 29.0 Å². The van der Waals surface area contributed by atoms with Crippen molar-refractivity contribution in [1.29, 1.82) is 0 Å². The van der Waals surface area contributed by atoms with E-state index in [4.69, 9.17) is 16.6 Å². The lowest BCUT2D eigenvalue weighted by molar-refractivity contribution is 0.0244. The lowest BCUT2D eigenvalue weighted by Gasteiger charge is -2.43. The Kier molecular flexibility index (Phi) is 5.31. The molecule has 0 saturated carbocycles. The first kappa shape index (κ1) is 21.1. The third kappa shape index (κ3) is 4.18. The minimum absolute atomic E-state index is 0.127. The molecule has 4 heterocycles. The number of aromatic nitrogens is 3. The molecule has 3 aromatic rings. The van der Waals surface area contributed by atoms with Gasteiger partial charge in [-0.1, -0.05) is 6.07 Å². The van der Waals surface area contributed by atoms with E-state index in [-0.39, 0.29) is 17.8 Å². The van der Waals surface area contributed by atoms with Gasteiger partial charge in [0, 0.05) is 49.7 Å². The van der Waals surface area contributed by atoms with Gasteiger partial charge in [0.2, 0.25) is 5.95 Å². The van der Waals surface area contributed by atoms with Crippen LogP contribution in [0.25, 0.3) is 0 Å². The lowest BCUT2D eigenvalue weighted by Crippen LogP contribution is -2.59. The van der Waals surface area contributed by atoms with Crippen molar-refractivity contribution in [2.75, 3.05) is 29.6 Å². The molecule has 0 unspecified atom stereocenters. The normalized spacial score (nSPS) is 15.8. The molecule has 33 heavy (non-hydrogen) atoms. The topological polar surface area (TPSA) is 138 Å². The Morgan fingerprint density at radius 1 is 1.09 bits per heavy atom. The second-order valence-electron chi connectivity index (χ2n) is 8.71. The van der Waals surface area contributed by atoms with Gasteiger partial charge in [-0.2, -0.15) is 0 Å². The number of aryl methyl sites for hydroxylation is 2. The molecule has 1 amide bonds. The van der Waals surface area contributed by atoms with Crippen LogP contribution in [0, 0.1) is 13.8 Å². The number of hydrazine groups is 1. The maximum Gasteiger partial charge on any atom is 0.272 e. The summed E-state index contributed by atoms with van der Waals surface area (Å²) >= 11 is 0. The number of nitrogens with two attached hydrogens (primary N) is 2. The van der Waals surface area contributed by atoms with Crippen LogP contribution in [0.15, 0.2) is 36.5 Å². The molecule has 2 aliphatic rings. The number of anilines is 4. The Hall–Kier alpha value is -3.76. The predicted octanol–water partition coefficient (Wildman–Crippen LogP) is 1.94. The number of hydrogen-bond acceptors (Lipinski definition) is 9. The highest BCUT2D eigenvalue weighted by molar-refractivity contribution is 5.94. The summed E-state index contributed by atoms with van der Waals surface area (Å²) < 4.78 is 0. The molecule has 10 nitrogen and oxygen atoms in total. The molecule has 10 heteroatoms. The lowest BCUT2D eigenvalue weighted by atomic mass is 10.1. The molecule has 170 valence electrons. The van der Waals surface area contributed by atoms with Crippen LogP contribution in [0.4, 0.5) is 23.1 Å². The summed E-state index contributed by atoms with van der Waals surface area (Å²) in [5.41, 5.74) is 14.6. The number of carbonyl (C=O) groups excluding carboxylic acids is 1. The number of nitrogens with one attached hydrogen (secondary N) is 2. The van der Waals surface area contributed by atoms with Crippen molar-refractivity contribution in [2.24, 2.45) is 5.84 Å². The van der Waals surface area contributed by atoms with Crippen LogP contribution in [0.5, 0.6) is 0 Å². The van der Waals surface area contributed by atoms with E-state index in [2.05, 4.69) is 57.7 Å². The Labute approximate surface area is 192 Å². The van der Waals surface area contributed by atoms with Gasteiger partial charge in [0.25, 0.3) is 5.91 Å². The van der Waals surface area contributed by atoms with Crippen molar-refractivity contribution in [3.8, 4) is 0 Å². The number of fused-ring (bicyclic) bond motifs is 1. The number of hydrogen-bond donors (Lipinski definition) is 4. The Bertz CT molecular complexity index is 1200. The van der Waals surface area contributed by atoms with Gasteiger partial charge in [-0.25, -0.2) is 15.0 Å². The second kappa shape index (κ2) is 8.30. The minimum Gasteiger partial charge on any atom is -0.382 e. The molecule has 1 saturated heterocycles. The van der Waals surface area contributed by atoms with Gasteiger partial charge in [-0.05, 0) is 49.2 Å². The molecule has 1 aromatic carbocycles. The van der Waals surface area contributed by atoms with Crippen LogP contribution in [-0.2, 0) is 13.1 Å². The van der Waals surface area contributed by atoms with Gasteiger partial charge in [0.15, 0.2) is 0 Å². The zero-order valence-corrected chi connectivity index (χ0v) is 18.7. The van der Waals surface area contributed by atoms with Crippen molar-refractivity contribution in [3.63, 3.8) is 0 Å². The Morgan fingerprint density at radius 3 is 2.55 bits per heavy atom. The van der Waals surface area contributed by atoms with Crippen LogP contribution >= 0.6 is 0 Å². The van der Waals surface area contributed by atoms with E-state index in [0.29, 0.717) is 30.4 Å². The smallest absolute Gasteiger partial charge is 0.272 e. The van der Waals surface area contributed by atoms with Gasteiger partial charge < -0.3 is 21.4 Å². The molecule has 0 atom stereocenters. The third-order valence-corrected chi connectivity index (χ3v) is 6.12. The fourth-order valence-electron chi connectivity index (χ4n) is 4.40. The standard InChI is InChI=1S/C23H27N9O/c1-13-5-14(2)7-16(6-13)27-23-26-8-15-9-31(12-20(15)29-23)17-10-32(11-17)22(33)19-4-3-18(30-25)21(24)28-19/h3-8,17,30H,9-12,25H2,1-2H3,(H2,24,28)(H,26,27,29). The van der Waals surface area contributed by atoms with E-state index < -0.39 is 0 Å². The number of nitrogen functional groups attached to an aromatic ring is 2. The summed E-state index contributed by atoms with van der Waals surface area (Å²) in [6.45, 7) is 6.97. The van der Waals surface area contributed by atoms with Gasteiger partial charge in [0.1, 0.15) is 11.5 Å². The first-order chi connectivity index (χ1) is 15.9. The number of amides is 1. The minimum atomic E-state index is -0.127.